The summed E-state index contributed by atoms with van der Waals surface area (Å²) < 4.78 is 0. The van der Waals surface area contributed by atoms with Gasteiger partial charge in [-0.25, -0.2) is 0 Å². The monoisotopic (exact) mass is 886 g/mol. The van der Waals surface area contributed by atoms with Crippen molar-refractivity contribution in [1.82, 2.24) is 5.32 Å². The lowest BCUT2D eigenvalue weighted by molar-refractivity contribution is -0.132. The van der Waals surface area contributed by atoms with Crippen LogP contribution < -0.4 is 5.32 Å². The van der Waals surface area contributed by atoms with Gasteiger partial charge in [0.2, 0.25) is 5.91 Å². The first-order valence-electron chi connectivity index (χ1n) is 27.5. The van der Waals surface area contributed by atoms with Gasteiger partial charge in [0.25, 0.3) is 0 Å². The summed E-state index contributed by atoms with van der Waals surface area (Å²) in [6.45, 7) is 4.06. The Morgan fingerprint density at radius 3 is 1.00 bits per heavy atom. The van der Waals surface area contributed by atoms with Crippen LogP contribution in [0.3, 0.4) is 0 Å². The molecule has 0 saturated heterocycles. The normalized spacial score (nSPS) is 14.2. The quantitative estimate of drug-likeness (QED) is 0.0309. The van der Waals surface area contributed by atoms with Gasteiger partial charge in [-0.1, -0.05) is 236 Å². The van der Waals surface area contributed by atoms with Crippen LogP contribution in [0.5, 0.6) is 0 Å². The molecule has 0 spiro atoms. The highest BCUT2D eigenvalue weighted by atomic mass is 16.3. The number of allylic oxidation sites excluding steroid dienone is 8. The number of amides is 1. The lowest BCUT2D eigenvalue weighted by atomic mass is 10.00. The minimum atomic E-state index is -1.30. The summed E-state index contributed by atoms with van der Waals surface area (Å²) in [6.07, 6.45) is 64.6. The van der Waals surface area contributed by atoms with Crippen molar-refractivity contribution in [2.75, 3.05) is 6.61 Å². The molecule has 6 nitrogen and oxygen atoms in total. The van der Waals surface area contributed by atoms with Crippen LogP contribution >= 0.6 is 0 Å². The van der Waals surface area contributed by atoms with Crippen molar-refractivity contribution in [3.63, 3.8) is 0 Å². The molecule has 370 valence electrons. The number of aliphatic hydroxyl groups is 4. The Labute approximate surface area is 391 Å². The van der Waals surface area contributed by atoms with E-state index in [1.54, 1.807) is 0 Å². The number of aliphatic hydroxyl groups excluding tert-OH is 4. The molecule has 5 N–H and O–H groups in total. The van der Waals surface area contributed by atoms with Crippen LogP contribution in [0.25, 0.3) is 0 Å². The van der Waals surface area contributed by atoms with Crippen molar-refractivity contribution in [1.29, 1.82) is 0 Å². The Morgan fingerprint density at radius 1 is 0.381 bits per heavy atom. The second-order valence-electron chi connectivity index (χ2n) is 18.9. The van der Waals surface area contributed by atoms with E-state index in [0.717, 1.165) is 51.4 Å². The maximum atomic E-state index is 12.6. The predicted octanol–water partition coefficient (Wildman–Crippen LogP) is 15.8. The lowest BCUT2D eigenvalue weighted by Gasteiger charge is -2.27. The second-order valence-corrected chi connectivity index (χ2v) is 18.9. The van der Waals surface area contributed by atoms with E-state index in [9.17, 15) is 25.2 Å². The Balaban J connectivity index is 3.71. The minimum Gasteiger partial charge on any atom is -0.394 e. The summed E-state index contributed by atoms with van der Waals surface area (Å²) in [5.41, 5.74) is 0. The summed E-state index contributed by atoms with van der Waals surface area (Å²) in [5, 5.41) is 43.9. The van der Waals surface area contributed by atoms with Crippen molar-refractivity contribution in [2.24, 2.45) is 0 Å². The molecule has 4 unspecified atom stereocenters. The molecule has 0 aliphatic heterocycles. The minimum absolute atomic E-state index is 0.356. The van der Waals surface area contributed by atoms with E-state index in [-0.39, 0.29) is 0 Å². The van der Waals surface area contributed by atoms with Gasteiger partial charge in [0.05, 0.1) is 18.8 Å². The fraction of sp³-hybridized carbons (Fsp3) is 0.842. The van der Waals surface area contributed by atoms with Crippen LogP contribution in [0, 0.1) is 0 Å². The van der Waals surface area contributed by atoms with Gasteiger partial charge >= 0.3 is 0 Å². The Kier molecular flexibility index (Phi) is 49.8. The van der Waals surface area contributed by atoms with E-state index < -0.39 is 36.9 Å². The molecule has 63 heavy (non-hydrogen) atoms. The Bertz CT molecular complexity index is 1040. The smallest absolute Gasteiger partial charge is 0.249 e. The van der Waals surface area contributed by atoms with E-state index in [1.807, 2.05) is 0 Å². The van der Waals surface area contributed by atoms with E-state index >= 15 is 0 Å². The van der Waals surface area contributed by atoms with E-state index in [4.69, 9.17) is 0 Å². The molecule has 6 heteroatoms. The molecule has 0 aromatic rings. The van der Waals surface area contributed by atoms with E-state index in [0.29, 0.717) is 19.3 Å². The van der Waals surface area contributed by atoms with E-state index in [2.05, 4.69) is 67.8 Å². The first-order valence-corrected chi connectivity index (χ1v) is 27.5. The number of unbranched alkanes of at least 4 members (excludes halogenated alkanes) is 33. The molecular formula is C57H107NO5. The molecule has 0 bridgehead atoms. The summed E-state index contributed by atoms with van der Waals surface area (Å²) in [4.78, 5) is 12.6. The van der Waals surface area contributed by atoms with Gasteiger partial charge in [0.1, 0.15) is 12.2 Å². The molecular weight excluding hydrogens is 779 g/mol. The van der Waals surface area contributed by atoms with Crippen molar-refractivity contribution in [3.8, 4) is 0 Å². The molecule has 0 aliphatic rings. The Morgan fingerprint density at radius 2 is 0.667 bits per heavy atom. The number of carbonyl (C=O) groups is 1. The zero-order valence-electron chi connectivity index (χ0n) is 41.8. The SMILES string of the molecule is CCCCCCCCCC/C=C/CC/C=C/CC/C=C/CCCC(O)C(O)C(CO)NC(=O)C(O)CCCCCCCCCCCC/C=C\CCCCCCCCCCCCCC. The standard InChI is InChI=1S/C57H107NO5/c1-3-5-7-9-11-13-15-17-19-21-23-25-26-27-28-29-31-33-35-37-39-41-43-45-47-49-51-55(61)57(63)58-53(52-59)56(62)54(60)50-48-46-44-42-40-38-36-34-32-30-24-22-20-18-16-14-12-10-8-6-4-2/h22,24,27-28,34,36,42,44,53-56,59-62H,3-21,23,25-26,29-33,35,37-41,43,45-52H2,1-2H3,(H,58,63)/b24-22+,28-27-,36-34+,44-42+. The number of nitrogens with one attached hydrogen (secondary N) is 1. The highest BCUT2D eigenvalue weighted by Gasteiger charge is 2.28. The molecule has 0 fully saturated rings. The van der Waals surface area contributed by atoms with Gasteiger partial charge in [-0.05, 0) is 89.9 Å². The van der Waals surface area contributed by atoms with Gasteiger partial charge in [0.15, 0.2) is 0 Å². The molecule has 0 saturated carbocycles. The van der Waals surface area contributed by atoms with E-state index in [1.165, 1.54) is 193 Å². The van der Waals surface area contributed by atoms with Gasteiger partial charge < -0.3 is 25.7 Å². The Hall–Kier alpha value is -1.73. The van der Waals surface area contributed by atoms with Crippen molar-refractivity contribution < 1.29 is 25.2 Å². The van der Waals surface area contributed by atoms with Crippen molar-refractivity contribution >= 4 is 5.91 Å². The average Bonchev–Trinajstić information content (AvgIpc) is 3.29. The van der Waals surface area contributed by atoms with Crippen LogP contribution in [0.4, 0.5) is 0 Å². The van der Waals surface area contributed by atoms with Gasteiger partial charge in [-0.2, -0.15) is 0 Å². The molecule has 0 aliphatic carbocycles. The highest BCUT2D eigenvalue weighted by molar-refractivity contribution is 5.80. The van der Waals surface area contributed by atoms with Crippen LogP contribution in [-0.2, 0) is 4.79 Å². The summed E-state index contributed by atoms with van der Waals surface area (Å²) in [7, 11) is 0. The predicted molar refractivity (Wildman–Crippen MR) is 274 cm³/mol. The van der Waals surface area contributed by atoms with Crippen molar-refractivity contribution in [2.45, 2.75) is 301 Å². The first-order chi connectivity index (χ1) is 31.0. The van der Waals surface area contributed by atoms with Gasteiger partial charge in [0, 0.05) is 0 Å². The number of hydrogen-bond donors (Lipinski definition) is 5. The van der Waals surface area contributed by atoms with Crippen LogP contribution in [0.2, 0.25) is 0 Å². The summed E-state index contributed by atoms with van der Waals surface area (Å²) in [6, 6.07) is -1.01. The highest BCUT2D eigenvalue weighted by Crippen LogP contribution is 2.16. The van der Waals surface area contributed by atoms with Gasteiger partial charge in [-0.3, -0.25) is 4.79 Å². The zero-order valence-corrected chi connectivity index (χ0v) is 41.8. The zero-order chi connectivity index (χ0) is 45.9. The summed E-state index contributed by atoms with van der Waals surface area (Å²) in [5.74, 6) is -0.599. The first kappa shape index (κ1) is 61.3. The topological polar surface area (TPSA) is 110 Å². The maximum Gasteiger partial charge on any atom is 0.249 e. The number of carbonyl (C=O) groups excluding carboxylic acids is 1. The lowest BCUT2D eigenvalue weighted by Crippen LogP contribution is -2.53. The molecule has 1 amide bonds. The number of rotatable bonds is 50. The number of hydrogen-bond acceptors (Lipinski definition) is 5. The second kappa shape index (κ2) is 51.3. The van der Waals surface area contributed by atoms with Crippen LogP contribution in [0.1, 0.15) is 277 Å². The van der Waals surface area contributed by atoms with Crippen molar-refractivity contribution in [3.05, 3.63) is 48.6 Å². The third kappa shape index (κ3) is 45.2. The van der Waals surface area contributed by atoms with Crippen LogP contribution in [0.15, 0.2) is 48.6 Å². The molecule has 0 heterocycles. The average molecular weight is 886 g/mol. The fourth-order valence-corrected chi connectivity index (χ4v) is 8.37. The van der Waals surface area contributed by atoms with Gasteiger partial charge in [-0.15, -0.1) is 0 Å². The largest absolute Gasteiger partial charge is 0.394 e. The third-order valence-electron chi connectivity index (χ3n) is 12.7. The molecule has 0 aromatic carbocycles. The fourth-order valence-electron chi connectivity index (χ4n) is 8.37. The molecule has 0 rings (SSSR count). The maximum absolute atomic E-state index is 12.6. The molecule has 0 aromatic heterocycles. The third-order valence-corrected chi connectivity index (χ3v) is 12.7. The van der Waals surface area contributed by atoms with Crippen LogP contribution in [-0.4, -0.2) is 57.3 Å². The summed E-state index contributed by atoms with van der Waals surface area (Å²) >= 11 is 0. The molecule has 4 atom stereocenters. The molecule has 0 radical (unpaired) electrons.